The number of halogens is 3. The first kappa shape index (κ1) is 18.6. The lowest BCUT2D eigenvalue weighted by atomic mass is 10.3. The normalized spacial score (nSPS) is 13.0. The molecule has 2 N–H and O–H groups in total. The van der Waals surface area contributed by atoms with Gasteiger partial charge >= 0.3 is 6.55 Å². The number of benzene rings is 1. The predicted octanol–water partition coefficient (Wildman–Crippen LogP) is 2.55. The summed E-state index contributed by atoms with van der Waals surface area (Å²) in [4.78, 5) is 7.90. The molecule has 0 aliphatic carbocycles. The Morgan fingerprint density at radius 1 is 1.28 bits per heavy atom. The summed E-state index contributed by atoms with van der Waals surface area (Å²) < 4.78 is 44.8. The molecule has 1 atom stereocenters. The minimum Gasteiger partial charge on any atom is -0.489 e. The van der Waals surface area contributed by atoms with Crippen LogP contribution in [0.25, 0.3) is 0 Å². The standard InChI is InChI=1S/C16H20F3N5O/c1-11(25-13-5-3-12(17)4-6-13)9-22-16(20-2)23-10-14-21-7-8-24(14)15(18)19/h3-8,11,15H,9-10H2,1-2H3,(H2,20,22,23). The number of hydrogen-bond donors (Lipinski definition) is 2. The van der Waals surface area contributed by atoms with Crippen LogP contribution in [-0.4, -0.2) is 35.2 Å². The molecule has 25 heavy (non-hydrogen) atoms. The van der Waals surface area contributed by atoms with E-state index >= 15 is 0 Å². The van der Waals surface area contributed by atoms with Gasteiger partial charge in [-0.2, -0.15) is 8.78 Å². The molecule has 0 aliphatic heterocycles. The maximum Gasteiger partial charge on any atom is 0.319 e. The van der Waals surface area contributed by atoms with E-state index in [0.29, 0.717) is 18.3 Å². The fourth-order valence-electron chi connectivity index (χ4n) is 2.07. The van der Waals surface area contributed by atoms with Crippen molar-refractivity contribution in [3.63, 3.8) is 0 Å². The summed E-state index contributed by atoms with van der Waals surface area (Å²) in [6.07, 6.45) is 2.32. The van der Waals surface area contributed by atoms with Gasteiger partial charge in [-0.05, 0) is 31.2 Å². The first-order chi connectivity index (χ1) is 12.0. The van der Waals surface area contributed by atoms with Crippen LogP contribution in [0.2, 0.25) is 0 Å². The summed E-state index contributed by atoms with van der Waals surface area (Å²) in [6.45, 7) is -0.282. The van der Waals surface area contributed by atoms with E-state index in [4.69, 9.17) is 4.74 Å². The van der Waals surface area contributed by atoms with E-state index in [1.165, 1.54) is 24.5 Å². The summed E-state index contributed by atoms with van der Waals surface area (Å²) in [5.41, 5.74) is 0. The van der Waals surface area contributed by atoms with E-state index in [-0.39, 0.29) is 24.3 Å². The number of aromatic nitrogens is 2. The number of alkyl halides is 2. The first-order valence-corrected chi connectivity index (χ1v) is 7.66. The smallest absolute Gasteiger partial charge is 0.319 e. The summed E-state index contributed by atoms with van der Waals surface area (Å²) >= 11 is 0. The van der Waals surface area contributed by atoms with Crippen molar-refractivity contribution < 1.29 is 17.9 Å². The zero-order valence-electron chi connectivity index (χ0n) is 13.9. The van der Waals surface area contributed by atoms with Gasteiger partial charge in [-0.1, -0.05) is 0 Å². The number of nitrogens with zero attached hydrogens (tertiary/aromatic N) is 3. The largest absolute Gasteiger partial charge is 0.489 e. The van der Waals surface area contributed by atoms with Gasteiger partial charge in [-0.3, -0.25) is 9.56 Å². The molecule has 1 unspecified atom stereocenters. The van der Waals surface area contributed by atoms with E-state index in [1.807, 2.05) is 6.92 Å². The highest BCUT2D eigenvalue weighted by Crippen LogP contribution is 2.13. The molecule has 2 rings (SSSR count). The van der Waals surface area contributed by atoms with Crippen LogP contribution >= 0.6 is 0 Å². The Labute approximate surface area is 143 Å². The van der Waals surface area contributed by atoms with Crippen LogP contribution in [-0.2, 0) is 6.54 Å². The maximum absolute atomic E-state index is 12.9. The Bertz CT molecular complexity index is 687. The molecule has 1 heterocycles. The monoisotopic (exact) mass is 355 g/mol. The van der Waals surface area contributed by atoms with Crippen molar-refractivity contribution in [2.24, 2.45) is 4.99 Å². The molecule has 0 fully saturated rings. The van der Waals surface area contributed by atoms with E-state index < -0.39 is 6.55 Å². The van der Waals surface area contributed by atoms with E-state index in [0.717, 1.165) is 4.57 Å². The molecule has 9 heteroatoms. The lowest BCUT2D eigenvalue weighted by Gasteiger charge is -2.18. The average molecular weight is 355 g/mol. The molecule has 2 aromatic rings. The van der Waals surface area contributed by atoms with Gasteiger partial charge in [0, 0.05) is 19.4 Å². The Morgan fingerprint density at radius 3 is 2.64 bits per heavy atom. The zero-order chi connectivity index (χ0) is 18.2. The summed E-state index contributed by atoms with van der Waals surface area (Å²) in [7, 11) is 1.57. The fraction of sp³-hybridized carbons (Fsp3) is 0.375. The number of hydrogen-bond acceptors (Lipinski definition) is 3. The molecule has 0 radical (unpaired) electrons. The van der Waals surface area contributed by atoms with Gasteiger partial charge in [0.25, 0.3) is 0 Å². The third-order valence-corrected chi connectivity index (χ3v) is 3.30. The van der Waals surface area contributed by atoms with Crippen molar-refractivity contribution in [2.45, 2.75) is 26.1 Å². The van der Waals surface area contributed by atoms with Gasteiger partial charge < -0.3 is 15.4 Å². The summed E-state index contributed by atoms with van der Waals surface area (Å²) in [5, 5.41) is 5.94. The highest BCUT2D eigenvalue weighted by molar-refractivity contribution is 5.79. The Balaban J connectivity index is 1.79. The third kappa shape index (κ3) is 5.70. The van der Waals surface area contributed by atoms with Crippen LogP contribution in [0.4, 0.5) is 13.2 Å². The Morgan fingerprint density at radius 2 is 2.00 bits per heavy atom. The number of imidazole rings is 1. The second-order valence-corrected chi connectivity index (χ2v) is 5.22. The molecular weight excluding hydrogens is 335 g/mol. The SMILES string of the molecule is CN=C(NCc1nccn1C(F)F)NCC(C)Oc1ccc(F)cc1. The van der Waals surface area contributed by atoms with Crippen molar-refractivity contribution in [2.75, 3.05) is 13.6 Å². The third-order valence-electron chi connectivity index (χ3n) is 3.30. The van der Waals surface area contributed by atoms with Crippen molar-refractivity contribution in [1.29, 1.82) is 0 Å². The number of rotatable bonds is 7. The van der Waals surface area contributed by atoms with Gasteiger partial charge in [0.1, 0.15) is 23.5 Å². The van der Waals surface area contributed by atoms with Gasteiger partial charge in [0.2, 0.25) is 0 Å². The fourth-order valence-corrected chi connectivity index (χ4v) is 2.07. The second kappa shape index (κ2) is 8.95. The molecule has 0 spiro atoms. The van der Waals surface area contributed by atoms with Crippen LogP contribution in [0, 0.1) is 5.82 Å². The quantitative estimate of drug-likeness (QED) is 0.592. The van der Waals surface area contributed by atoms with Gasteiger partial charge in [0.15, 0.2) is 5.96 Å². The highest BCUT2D eigenvalue weighted by atomic mass is 19.3. The molecule has 0 saturated heterocycles. The maximum atomic E-state index is 12.9. The van der Waals surface area contributed by atoms with Crippen LogP contribution in [0.1, 0.15) is 19.3 Å². The number of ether oxygens (including phenoxy) is 1. The molecule has 0 aliphatic rings. The van der Waals surface area contributed by atoms with Crippen molar-refractivity contribution in [3.8, 4) is 5.75 Å². The van der Waals surface area contributed by atoms with E-state index in [9.17, 15) is 13.2 Å². The number of nitrogens with one attached hydrogen (secondary N) is 2. The topological polar surface area (TPSA) is 63.5 Å². The minimum absolute atomic E-state index is 0.101. The molecular formula is C16H20F3N5O. The molecule has 6 nitrogen and oxygen atoms in total. The second-order valence-electron chi connectivity index (χ2n) is 5.22. The average Bonchev–Trinajstić information content (AvgIpc) is 3.06. The van der Waals surface area contributed by atoms with Gasteiger partial charge in [-0.15, -0.1) is 0 Å². The first-order valence-electron chi connectivity index (χ1n) is 7.66. The van der Waals surface area contributed by atoms with Crippen LogP contribution < -0.4 is 15.4 Å². The Hall–Kier alpha value is -2.71. The lowest BCUT2D eigenvalue weighted by molar-refractivity contribution is 0.0668. The van der Waals surface area contributed by atoms with Crippen molar-refractivity contribution in [1.82, 2.24) is 20.2 Å². The lowest BCUT2D eigenvalue weighted by Crippen LogP contribution is -2.41. The van der Waals surface area contributed by atoms with Crippen LogP contribution in [0.15, 0.2) is 41.7 Å². The molecule has 0 amide bonds. The van der Waals surface area contributed by atoms with Crippen LogP contribution in [0.3, 0.4) is 0 Å². The molecule has 1 aromatic heterocycles. The molecule has 0 bridgehead atoms. The number of guanidine groups is 1. The predicted molar refractivity (Wildman–Crippen MR) is 88.2 cm³/mol. The molecule has 0 saturated carbocycles. The van der Waals surface area contributed by atoms with E-state index in [2.05, 4.69) is 20.6 Å². The van der Waals surface area contributed by atoms with E-state index in [1.54, 1.807) is 19.2 Å². The van der Waals surface area contributed by atoms with Gasteiger partial charge in [0.05, 0.1) is 13.1 Å². The van der Waals surface area contributed by atoms with Gasteiger partial charge in [-0.25, -0.2) is 9.37 Å². The summed E-state index contributed by atoms with van der Waals surface area (Å²) in [5.74, 6) is 0.856. The summed E-state index contributed by atoms with van der Waals surface area (Å²) in [6, 6.07) is 5.73. The minimum atomic E-state index is -2.64. The Kier molecular flexibility index (Phi) is 6.67. The number of aliphatic imine (C=N–C) groups is 1. The molecule has 136 valence electrons. The van der Waals surface area contributed by atoms with Crippen molar-refractivity contribution in [3.05, 3.63) is 48.3 Å². The highest BCUT2D eigenvalue weighted by Gasteiger charge is 2.12. The van der Waals surface area contributed by atoms with Crippen molar-refractivity contribution >= 4 is 5.96 Å². The zero-order valence-corrected chi connectivity index (χ0v) is 13.9. The molecule has 1 aromatic carbocycles. The van der Waals surface area contributed by atoms with Crippen LogP contribution in [0.5, 0.6) is 5.75 Å².